The number of amides is 1. The molecule has 0 aliphatic heterocycles. The Morgan fingerprint density at radius 2 is 2.18 bits per heavy atom. The zero-order valence-corrected chi connectivity index (χ0v) is 17.6. The minimum absolute atomic E-state index is 0.218. The number of nitrogens with zero attached hydrogens (tertiary/aromatic N) is 2. The van der Waals surface area contributed by atoms with Gasteiger partial charge in [-0.2, -0.15) is 0 Å². The molecular weight excluding hydrogens is 475 g/mol. The minimum atomic E-state index is -1.07. The van der Waals surface area contributed by atoms with E-state index in [1.807, 2.05) is 42.8 Å². The van der Waals surface area contributed by atoms with Crippen LogP contribution in [0.25, 0.3) is 11.0 Å². The highest BCUT2D eigenvalue weighted by molar-refractivity contribution is 14.1. The first kappa shape index (κ1) is 20.5. The van der Waals surface area contributed by atoms with Crippen LogP contribution in [0, 0.1) is 10.5 Å². The Bertz CT molecular complexity index is 1010. The second-order valence-corrected chi connectivity index (χ2v) is 7.57. The Balaban J connectivity index is 1.98. The lowest BCUT2D eigenvalue weighted by molar-refractivity contribution is -0.0294. The Morgan fingerprint density at radius 3 is 2.89 bits per heavy atom. The number of hydrogen-bond acceptors (Lipinski definition) is 6. The van der Waals surface area contributed by atoms with E-state index in [4.69, 9.17) is 9.94 Å². The summed E-state index contributed by atoms with van der Waals surface area (Å²) in [6.07, 6.45) is 0.597. The average Bonchev–Trinajstić information content (AvgIpc) is 2.96. The zero-order chi connectivity index (χ0) is 20.3. The number of aliphatic hydroxyl groups is 2. The number of benzene rings is 1. The summed E-state index contributed by atoms with van der Waals surface area (Å²) >= 11 is 2.25. The first-order valence-corrected chi connectivity index (χ1v) is 9.68. The zero-order valence-electron chi connectivity index (χ0n) is 15.4. The van der Waals surface area contributed by atoms with Crippen molar-refractivity contribution in [2.24, 2.45) is 7.05 Å². The molecule has 148 valence electrons. The van der Waals surface area contributed by atoms with Gasteiger partial charge in [0.15, 0.2) is 0 Å². The molecule has 9 heteroatoms. The number of nitrogens with one attached hydrogen (secondary N) is 2. The third-order valence-corrected chi connectivity index (χ3v) is 4.94. The minimum Gasteiger partial charge on any atom is -0.394 e. The fourth-order valence-electron chi connectivity index (χ4n) is 2.84. The number of pyridine rings is 1. The van der Waals surface area contributed by atoms with Crippen LogP contribution < -0.4 is 10.8 Å². The molecule has 1 aromatic carbocycles. The quantitative estimate of drug-likeness (QED) is 0.295. The first-order chi connectivity index (χ1) is 13.4. The number of fused-ring (bicyclic) bond motifs is 1. The van der Waals surface area contributed by atoms with E-state index in [9.17, 15) is 9.90 Å². The monoisotopic (exact) mass is 496 g/mol. The maximum atomic E-state index is 12.8. The van der Waals surface area contributed by atoms with Crippen molar-refractivity contribution in [1.82, 2.24) is 15.0 Å². The Morgan fingerprint density at radius 1 is 1.39 bits per heavy atom. The predicted molar refractivity (Wildman–Crippen MR) is 114 cm³/mol. The number of anilines is 2. The fraction of sp³-hybridized carbons (Fsp3) is 0.263. The van der Waals surface area contributed by atoms with Gasteiger partial charge in [0.25, 0.3) is 5.91 Å². The van der Waals surface area contributed by atoms with E-state index in [0.717, 1.165) is 14.8 Å². The van der Waals surface area contributed by atoms with Gasteiger partial charge in [0, 0.05) is 27.9 Å². The highest BCUT2D eigenvalue weighted by Crippen LogP contribution is 2.31. The topological polar surface area (TPSA) is 109 Å². The number of carbonyl (C=O) groups is 1. The van der Waals surface area contributed by atoms with Crippen LogP contribution in [0.15, 0.2) is 36.5 Å². The molecule has 3 aromatic rings. The Hall–Kier alpha value is -2.21. The standard InChI is InChI=1S/C19H21IN4O4/c1-11-8-12(20)5-6-15(11)22-18-16(19(27)23-28-10-13(26)9-25)14-4-3-7-21-17(14)24(18)2/h3-8,13,22,25-26H,9-10H2,1-2H3,(H,23,27)/t13-/m1/s1. The van der Waals surface area contributed by atoms with Crippen LogP contribution in [-0.4, -0.2) is 45.0 Å². The molecule has 2 aromatic heterocycles. The highest BCUT2D eigenvalue weighted by atomic mass is 127. The Kier molecular flexibility index (Phi) is 6.50. The summed E-state index contributed by atoms with van der Waals surface area (Å²) in [5.74, 6) is 0.0937. The highest BCUT2D eigenvalue weighted by Gasteiger charge is 2.23. The van der Waals surface area contributed by atoms with Gasteiger partial charge in [-0.15, -0.1) is 0 Å². The van der Waals surface area contributed by atoms with Crippen LogP contribution in [0.4, 0.5) is 11.5 Å². The van der Waals surface area contributed by atoms with Gasteiger partial charge in [-0.25, -0.2) is 10.5 Å². The summed E-state index contributed by atoms with van der Waals surface area (Å²) in [7, 11) is 1.83. The molecule has 0 spiro atoms. The largest absolute Gasteiger partial charge is 0.394 e. The summed E-state index contributed by atoms with van der Waals surface area (Å²) in [4.78, 5) is 22.2. The van der Waals surface area contributed by atoms with Crippen LogP contribution in [0.3, 0.4) is 0 Å². The lowest BCUT2D eigenvalue weighted by Gasteiger charge is -2.14. The summed E-state index contributed by atoms with van der Waals surface area (Å²) in [5, 5.41) is 22.2. The van der Waals surface area contributed by atoms with Crippen molar-refractivity contribution in [3.8, 4) is 0 Å². The number of aliphatic hydroxyl groups excluding tert-OH is 2. The molecule has 3 rings (SSSR count). The molecule has 0 radical (unpaired) electrons. The van der Waals surface area contributed by atoms with Crippen molar-refractivity contribution in [2.45, 2.75) is 13.0 Å². The molecule has 0 bridgehead atoms. The third kappa shape index (κ3) is 4.27. The van der Waals surface area contributed by atoms with Gasteiger partial charge in [-0.1, -0.05) is 0 Å². The van der Waals surface area contributed by atoms with E-state index in [-0.39, 0.29) is 6.61 Å². The van der Waals surface area contributed by atoms with E-state index in [0.29, 0.717) is 22.4 Å². The molecule has 0 saturated carbocycles. The lowest BCUT2D eigenvalue weighted by atomic mass is 10.1. The molecule has 1 amide bonds. The van der Waals surface area contributed by atoms with Crippen molar-refractivity contribution < 1.29 is 19.8 Å². The second-order valence-electron chi connectivity index (χ2n) is 6.32. The number of hydrogen-bond donors (Lipinski definition) is 4. The van der Waals surface area contributed by atoms with E-state index in [1.54, 1.807) is 12.3 Å². The van der Waals surface area contributed by atoms with Crippen molar-refractivity contribution in [3.63, 3.8) is 0 Å². The van der Waals surface area contributed by atoms with Gasteiger partial charge >= 0.3 is 0 Å². The number of hydroxylamine groups is 1. The van der Waals surface area contributed by atoms with Crippen LogP contribution in [0.2, 0.25) is 0 Å². The maximum absolute atomic E-state index is 12.8. The van der Waals surface area contributed by atoms with Gasteiger partial charge in [0.2, 0.25) is 0 Å². The van der Waals surface area contributed by atoms with E-state index < -0.39 is 18.6 Å². The smallest absolute Gasteiger partial charge is 0.279 e. The van der Waals surface area contributed by atoms with E-state index in [2.05, 4.69) is 38.4 Å². The molecule has 0 fully saturated rings. The molecule has 8 nitrogen and oxygen atoms in total. The summed E-state index contributed by atoms with van der Waals surface area (Å²) in [6, 6.07) is 9.55. The van der Waals surface area contributed by atoms with Crippen LogP contribution in [-0.2, 0) is 11.9 Å². The Labute approximate surface area is 175 Å². The molecule has 28 heavy (non-hydrogen) atoms. The second kappa shape index (κ2) is 8.86. The third-order valence-electron chi connectivity index (χ3n) is 4.27. The molecule has 1 atom stereocenters. The number of rotatable bonds is 7. The number of carbonyl (C=O) groups excluding carboxylic acids is 1. The van der Waals surface area contributed by atoms with Crippen LogP contribution in [0.1, 0.15) is 15.9 Å². The van der Waals surface area contributed by atoms with Crippen molar-refractivity contribution in [3.05, 3.63) is 51.2 Å². The summed E-state index contributed by atoms with van der Waals surface area (Å²) in [6.45, 7) is 1.32. The molecule has 0 unspecified atom stereocenters. The predicted octanol–water partition coefficient (Wildman–Crippen LogP) is 2.24. The molecule has 0 aliphatic rings. The number of aromatic nitrogens is 2. The molecule has 4 N–H and O–H groups in total. The summed E-state index contributed by atoms with van der Waals surface area (Å²) < 4.78 is 2.93. The molecule has 0 aliphatic carbocycles. The van der Waals surface area contributed by atoms with Gasteiger partial charge in [-0.3, -0.25) is 9.63 Å². The van der Waals surface area contributed by atoms with Gasteiger partial charge in [0.1, 0.15) is 24.2 Å². The van der Waals surface area contributed by atoms with Crippen molar-refractivity contribution >= 4 is 51.0 Å². The van der Waals surface area contributed by atoms with E-state index >= 15 is 0 Å². The lowest BCUT2D eigenvalue weighted by Crippen LogP contribution is -2.30. The van der Waals surface area contributed by atoms with Gasteiger partial charge in [-0.05, 0) is 65.4 Å². The summed E-state index contributed by atoms with van der Waals surface area (Å²) in [5.41, 5.74) is 5.26. The molecule has 2 heterocycles. The fourth-order valence-corrected chi connectivity index (χ4v) is 3.49. The number of halogens is 1. The SMILES string of the molecule is Cc1cc(I)ccc1Nc1c(C(=O)NOC[C@H](O)CO)c2cccnc2n1C. The van der Waals surface area contributed by atoms with Gasteiger partial charge in [0.05, 0.1) is 12.2 Å². The normalized spacial score (nSPS) is 12.2. The van der Waals surface area contributed by atoms with E-state index in [1.165, 1.54) is 0 Å². The number of aryl methyl sites for hydroxylation is 2. The maximum Gasteiger partial charge on any atom is 0.279 e. The van der Waals surface area contributed by atoms with Crippen molar-refractivity contribution in [2.75, 3.05) is 18.5 Å². The van der Waals surface area contributed by atoms with Crippen LogP contribution >= 0.6 is 22.6 Å². The van der Waals surface area contributed by atoms with Gasteiger partial charge < -0.3 is 20.1 Å². The first-order valence-electron chi connectivity index (χ1n) is 8.60. The van der Waals surface area contributed by atoms with Crippen molar-refractivity contribution in [1.29, 1.82) is 0 Å². The molecule has 0 saturated heterocycles. The average molecular weight is 496 g/mol. The van der Waals surface area contributed by atoms with Crippen LogP contribution in [0.5, 0.6) is 0 Å². The molecular formula is C19H21IN4O4.